The highest BCUT2D eigenvalue weighted by Gasteiger charge is 2.20. The minimum absolute atomic E-state index is 0.408. The van der Waals surface area contributed by atoms with Gasteiger partial charge in [-0.25, -0.2) is 0 Å². The fourth-order valence-corrected chi connectivity index (χ4v) is 1.93. The van der Waals surface area contributed by atoms with E-state index in [0.717, 1.165) is 5.75 Å². The summed E-state index contributed by atoms with van der Waals surface area (Å²) >= 11 is 0. The predicted octanol–water partition coefficient (Wildman–Crippen LogP) is 3.25. The first kappa shape index (κ1) is 13.0. The Labute approximate surface area is 99.0 Å². The summed E-state index contributed by atoms with van der Waals surface area (Å²) in [6, 6.07) is 8.72. The zero-order chi connectivity index (χ0) is 12.1. The maximum Gasteiger partial charge on any atom is 0.118 e. The summed E-state index contributed by atoms with van der Waals surface area (Å²) in [5.41, 5.74) is 1.32. The summed E-state index contributed by atoms with van der Waals surface area (Å²) in [6.07, 6.45) is 0. The molecule has 1 rings (SSSR count). The van der Waals surface area contributed by atoms with E-state index in [9.17, 15) is 0 Å². The number of methoxy groups -OCH3 is 1. The zero-order valence-electron chi connectivity index (χ0n) is 10.9. The Morgan fingerprint density at radius 3 is 2.00 bits per heavy atom. The molecule has 0 aliphatic heterocycles. The molecule has 0 saturated heterocycles. The highest BCUT2D eigenvalue weighted by Crippen LogP contribution is 2.28. The third kappa shape index (κ3) is 2.99. The monoisotopic (exact) mass is 221 g/mol. The van der Waals surface area contributed by atoms with Crippen LogP contribution in [0.3, 0.4) is 0 Å². The van der Waals surface area contributed by atoms with Gasteiger partial charge in [0.15, 0.2) is 0 Å². The molecule has 2 atom stereocenters. The molecule has 0 heterocycles. The van der Waals surface area contributed by atoms with Crippen molar-refractivity contribution in [1.29, 1.82) is 0 Å². The molecule has 2 unspecified atom stereocenters. The minimum Gasteiger partial charge on any atom is -0.497 e. The molecule has 0 bridgehead atoms. The molecular formula is C14H23NO. The van der Waals surface area contributed by atoms with Crippen molar-refractivity contribution < 1.29 is 4.74 Å². The molecule has 16 heavy (non-hydrogen) atoms. The molecule has 1 aromatic carbocycles. The average molecular weight is 221 g/mol. The topological polar surface area (TPSA) is 21.3 Å². The van der Waals surface area contributed by atoms with Crippen LogP contribution < -0.4 is 10.1 Å². The van der Waals surface area contributed by atoms with Gasteiger partial charge in [-0.2, -0.15) is 0 Å². The Bertz CT molecular complexity index is 305. The van der Waals surface area contributed by atoms with Gasteiger partial charge >= 0.3 is 0 Å². The lowest BCUT2D eigenvalue weighted by Gasteiger charge is -2.27. The summed E-state index contributed by atoms with van der Waals surface area (Å²) in [5.74, 6) is 2.19. The Kier molecular flexibility index (Phi) is 4.81. The van der Waals surface area contributed by atoms with Crippen LogP contribution in [0.15, 0.2) is 24.3 Å². The molecule has 1 N–H and O–H groups in total. The molecule has 0 aromatic heterocycles. The Morgan fingerprint density at radius 2 is 1.62 bits per heavy atom. The molecule has 0 amide bonds. The fraction of sp³-hybridized carbons (Fsp3) is 0.571. The van der Waals surface area contributed by atoms with E-state index in [1.54, 1.807) is 7.11 Å². The van der Waals surface area contributed by atoms with Crippen molar-refractivity contribution in [2.24, 2.45) is 11.8 Å². The first-order chi connectivity index (χ1) is 7.60. The minimum atomic E-state index is 0.408. The molecule has 0 spiro atoms. The van der Waals surface area contributed by atoms with Gasteiger partial charge in [0, 0.05) is 6.04 Å². The fourth-order valence-electron chi connectivity index (χ4n) is 1.93. The maximum absolute atomic E-state index is 5.17. The second kappa shape index (κ2) is 5.90. The largest absolute Gasteiger partial charge is 0.497 e. The summed E-state index contributed by atoms with van der Waals surface area (Å²) in [5, 5.41) is 3.40. The summed E-state index contributed by atoms with van der Waals surface area (Å²) in [4.78, 5) is 0. The summed E-state index contributed by atoms with van der Waals surface area (Å²) in [6.45, 7) is 6.81. The first-order valence-corrected chi connectivity index (χ1v) is 5.91. The van der Waals surface area contributed by atoms with E-state index in [-0.39, 0.29) is 0 Å². The highest BCUT2D eigenvalue weighted by molar-refractivity contribution is 5.29. The van der Waals surface area contributed by atoms with Gasteiger partial charge in [0.05, 0.1) is 7.11 Å². The van der Waals surface area contributed by atoms with Crippen LogP contribution in [0.25, 0.3) is 0 Å². The van der Waals surface area contributed by atoms with Crippen LogP contribution in [0.2, 0.25) is 0 Å². The molecular weight excluding hydrogens is 198 g/mol. The van der Waals surface area contributed by atoms with E-state index >= 15 is 0 Å². The smallest absolute Gasteiger partial charge is 0.118 e. The summed E-state index contributed by atoms with van der Waals surface area (Å²) < 4.78 is 5.17. The molecule has 0 aliphatic carbocycles. The molecule has 0 saturated carbocycles. The standard InChI is InChI=1S/C14H23NO/c1-10(2)11(3)14(15-4)12-6-8-13(16-5)9-7-12/h6-11,14-15H,1-5H3. The van der Waals surface area contributed by atoms with Gasteiger partial charge in [-0.3, -0.25) is 0 Å². The molecule has 0 fully saturated rings. The first-order valence-electron chi connectivity index (χ1n) is 5.91. The van der Waals surface area contributed by atoms with E-state index < -0.39 is 0 Å². The Balaban J connectivity index is 2.86. The number of benzene rings is 1. The van der Waals surface area contributed by atoms with Crippen LogP contribution in [0.1, 0.15) is 32.4 Å². The number of rotatable bonds is 5. The second-order valence-electron chi connectivity index (χ2n) is 4.64. The van der Waals surface area contributed by atoms with Gasteiger partial charge in [-0.15, -0.1) is 0 Å². The quantitative estimate of drug-likeness (QED) is 0.824. The van der Waals surface area contributed by atoms with E-state index in [0.29, 0.717) is 17.9 Å². The third-order valence-electron chi connectivity index (χ3n) is 3.36. The van der Waals surface area contributed by atoms with Gasteiger partial charge in [0.2, 0.25) is 0 Å². The number of nitrogens with one attached hydrogen (secondary N) is 1. The van der Waals surface area contributed by atoms with E-state index in [1.165, 1.54) is 5.56 Å². The molecule has 90 valence electrons. The SMILES string of the molecule is CNC(c1ccc(OC)cc1)C(C)C(C)C. The van der Waals surface area contributed by atoms with Crippen molar-refractivity contribution in [2.75, 3.05) is 14.2 Å². The van der Waals surface area contributed by atoms with Crippen LogP contribution in [0.4, 0.5) is 0 Å². The van der Waals surface area contributed by atoms with Crippen LogP contribution in [0.5, 0.6) is 5.75 Å². The van der Waals surface area contributed by atoms with Gasteiger partial charge < -0.3 is 10.1 Å². The molecule has 2 heteroatoms. The van der Waals surface area contributed by atoms with Gasteiger partial charge in [-0.1, -0.05) is 32.9 Å². The zero-order valence-corrected chi connectivity index (χ0v) is 10.9. The number of hydrogen-bond acceptors (Lipinski definition) is 2. The van der Waals surface area contributed by atoms with Gasteiger partial charge in [-0.05, 0) is 36.6 Å². The van der Waals surface area contributed by atoms with Crippen LogP contribution in [-0.2, 0) is 0 Å². The van der Waals surface area contributed by atoms with E-state index in [4.69, 9.17) is 4.74 Å². The van der Waals surface area contributed by atoms with E-state index in [1.807, 2.05) is 19.2 Å². The average Bonchev–Trinajstić information content (AvgIpc) is 2.30. The third-order valence-corrected chi connectivity index (χ3v) is 3.36. The van der Waals surface area contributed by atoms with Crippen molar-refractivity contribution in [3.05, 3.63) is 29.8 Å². The van der Waals surface area contributed by atoms with Crippen molar-refractivity contribution in [3.8, 4) is 5.75 Å². The lowest BCUT2D eigenvalue weighted by Crippen LogP contribution is -2.26. The predicted molar refractivity (Wildman–Crippen MR) is 68.8 cm³/mol. The van der Waals surface area contributed by atoms with E-state index in [2.05, 4.69) is 38.2 Å². The Morgan fingerprint density at radius 1 is 1.06 bits per heavy atom. The molecule has 1 aromatic rings. The normalized spacial score (nSPS) is 14.9. The van der Waals surface area contributed by atoms with Crippen LogP contribution in [-0.4, -0.2) is 14.2 Å². The second-order valence-corrected chi connectivity index (χ2v) is 4.64. The highest BCUT2D eigenvalue weighted by atomic mass is 16.5. The van der Waals surface area contributed by atoms with Crippen LogP contribution in [0, 0.1) is 11.8 Å². The Hall–Kier alpha value is -1.02. The maximum atomic E-state index is 5.17. The lowest BCUT2D eigenvalue weighted by molar-refractivity contribution is 0.317. The van der Waals surface area contributed by atoms with Crippen molar-refractivity contribution in [1.82, 2.24) is 5.32 Å². The molecule has 0 aliphatic rings. The molecule has 0 radical (unpaired) electrons. The number of ether oxygens (including phenoxy) is 1. The van der Waals surface area contributed by atoms with Gasteiger partial charge in [0.1, 0.15) is 5.75 Å². The van der Waals surface area contributed by atoms with Crippen molar-refractivity contribution >= 4 is 0 Å². The lowest BCUT2D eigenvalue weighted by atomic mass is 9.86. The summed E-state index contributed by atoms with van der Waals surface area (Å²) in [7, 11) is 3.72. The molecule has 2 nitrogen and oxygen atoms in total. The van der Waals surface area contributed by atoms with Crippen molar-refractivity contribution in [2.45, 2.75) is 26.8 Å². The van der Waals surface area contributed by atoms with Gasteiger partial charge in [0.25, 0.3) is 0 Å². The number of hydrogen-bond donors (Lipinski definition) is 1. The van der Waals surface area contributed by atoms with Crippen LogP contribution >= 0.6 is 0 Å². The van der Waals surface area contributed by atoms with Crippen molar-refractivity contribution in [3.63, 3.8) is 0 Å².